The van der Waals surface area contributed by atoms with Crippen molar-refractivity contribution >= 4 is 23.3 Å². The maximum absolute atomic E-state index is 17.0. The highest BCUT2D eigenvalue weighted by atomic mass is 19.1. The lowest BCUT2D eigenvalue weighted by atomic mass is 9.44. The minimum Gasteiger partial charge on any atom is -0.458 e. The number of carbonyl (C=O) groups excluding carboxylic acids is 4. The highest BCUT2D eigenvalue weighted by Gasteiger charge is 2.76. The minimum absolute atomic E-state index is 0.0543. The molecule has 0 amide bonds. The first-order chi connectivity index (χ1) is 14.7. The molecule has 8 heteroatoms. The highest BCUT2D eigenvalue weighted by Crippen LogP contribution is 2.70. The summed E-state index contributed by atoms with van der Waals surface area (Å²) in [5, 5.41) is 22.9. The molecule has 0 aliphatic heterocycles. The van der Waals surface area contributed by atoms with Crippen molar-refractivity contribution in [3.8, 4) is 0 Å². The number of rotatable bonds is 3. The zero-order valence-corrected chi connectivity index (χ0v) is 18.7. The lowest BCUT2D eigenvalue weighted by Crippen LogP contribution is -2.70. The van der Waals surface area contributed by atoms with Gasteiger partial charge in [-0.25, -0.2) is 4.39 Å². The maximum atomic E-state index is 17.0. The number of ketones is 3. The Morgan fingerprint density at radius 3 is 2.53 bits per heavy atom. The van der Waals surface area contributed by atoms with E-state index in [1.165, 1.54) is 19.1 Å². The largest absolute Gasteiger partial charge is 0.458 e. The van der Waals surface area contributed by atoms with Crippen molar-refractivity contribution in [3.05, 3.63) is 23.8 Å². The average Bonchev–Trinajstić information content (AvgIpc) is 2.91. The van der Waals surface area contributed by atoms with E-state index in [0.29, 0.717) is 0 Å². The smallest absolute Gasteiger partial charge is 0.303 e. The van der Waals surface area contributed by atoms with E-state index in [1.807, 2.05) is 0 Å². The van der Waals surface area contributed by atoms with Gasteiger partial charge in [0.05, 0.1) is 11.5 Å². The third-order valence-corrected chi connectivity index (χ3v) is 8.90. The molecule has 0 aromatic heterocycles. The highest BCUT2D eigenvalue weighted by molar-refractivity contribution is 6.10. The number of alkyl halides is 1. The Hall–Kier alpha value is -2.19. The molecule has 0 saturated heterocycles. The summed E-state index contributed by atoms with van der Waals surface area (Å²) >= 11 is 0. The summed E-state index contributed by atoms with van der Waals surface area (Å²) in [6.07, 6.45) is 1.98. The minimum atomic E-state index is -2.25. The molecule has 7 nitrogen and oxygen atoms in total. The van der Waals surface area contributed by atoms with Gasteiger partial charge >= 0.3 is 5.97 Å². The van der Waals surface area contributed by atoms with Crippen LogP contribution in [0.3, 0.4) is 0 Å². The molecule has 0 aromatic rings. The van der Waals surface area contributed by atoms with Crippen LogP contribution in [0.4, 0.5) is 4.39 Å². The topological polar surface area (TPSA) is 118 Å². The summed E-state index contributed by atoms with van der Waals surface area (Å²) in [7, 11) is 0. The van der Waals surface area contributed by atoms with Crippen LogP contribution in [-0.4, -0.2) is 57.5 Å². The Morgan fingerprint density at radius 2 is 1.91 bits per heavy atom. The molecule has 4 rings (SSSR count). The van der Waals surface area contributed by atoms with Gasteiger partial charge in [0.1, 0.15) is 5.60 Å². The van der Waals surface area contributed by atoms with Crippen LogP contribution in [0.1, 0.15) is 47.0 Å². The summed E-state index contributed by atoms with van der Waals surface area (Å²) < 4.78 is 21.9. The molecule has 174 valence electrons. The first-order valence-electron chi connectivity index (χ1n) is 11.0. The molecular formula is C24H29FO7. The lowest BCUT2D eigenvalue weighted by molar-refractivity contribution is -0.218. The second-order valence-electron chi connectivity index (χ2n) is 10.3. The molecule has 0 heterocycles. The van der Waals surface area contributed by atoms with Gasteiger partial charge in [0.2, 0.25) is 5.78 Å². The number of allylic oxidation sites excluding steroid dienone is 4. The second-order valence-corrected chi connectivity index (χ2v) is 10.3. The molecule has 0 radical (unpaired) electrons. The molecule has 0 spiro atoms. The van der Waals surface area contributed by atoms with E-state index in [2.05, 4.69) is 0 Å². The molecule has 4 aliphatic carbocycles. The van der Waals surface area contributed by atoms with Crippen molar-refractivity contribution in [2.45, 2.75) is 64.3 Å². The first-order valence-corrected chi connectivity index (χ1v) is 11.0. The van der Waals surface area contributed by atoms with Crippen molar-refractivity contribution in [2.24, 2.45) is 28.6 Å². The van der Waals surface area contributed by atoms with Crippen LogP contribution in [0, 0.1) is 28.6 Å². The van der Waals surface area contributed by atoms with Gasteiger partial charge in [0.15, 0.2) is 23.8 Å². The Balaban J connectivity index is 1.80. The zero-order chi connectivity index (χ0) is 23.9. The van der Waals surface area contributed by atoms with Crippen molar-refractivity contribution in [1.29, 1.82) is 0 Å². The predicted octanol–water partition coefficient (Wildman–Crippen LogP) is 1.65. The van der Waals surface area contributed by atoms with Gasteiger partial charge in [0.25, 0.3) is 0 Å². The quantitative estimate of drug-likeness (QED) is 0.630. The van der Waals surface area contributed by atoms with Crippen molar-refractivity contribution in [3.63, 3.8) is 0 Å². The molecule has 0 bridgehead atoms. The molecular weight excluding hydrogens is 419 g/mol. The number of halogens is 1. The number of hydrogen-bond acceptors (Lipinski definition) is 7. The Morgan fingerprint density at radius 1 is 1.25 bits per heavy atom. The van der Waals surface area contributed by atoms with Gasteiger partial charge in [-0.1, -0.05) is 19.9 Å². The van der Waals surface area contributed by atoms with Crippen LogP contribution < -0.4 is 0 Å². The van der Waals surface area contributed by atoms with Gasteiger partial charge in [-0.2, -0.15) is 0 Å². The maximum Gasteiger partial charge on any atom is 0.303 e. The number of fused-ring (bicyclic) bond motifs is 5. The Labute approximate surface area is 185 Å². The van der Waals surface area contributed by atoms with E-state index in [-0.39, 0.29) is 30.6 Å². The van der Waals surface area contributed by atoms with E-state index < -0.39 is 70.1 Å². The van der Waals surface area contributed by atoms with Crippen molar-refractivity contribution < 1.29 is 38.5 Å². The summed E-state index contributed by atoms with van der Waals surface area (Å²) in [4.78, 5) is 49.2. The average molecular weight is 448 g/mol. The summed E-state index contributed by atoms with van der Waals surface area (Å²) in [6, 6.07) is 0. The fourth-order valence-corrected chi connectivity index (χ4v) is 7.25. The third-order valence-electron chi connectivity index (χ3n) is 8.90. The number of ether oxygens (including phenoxy) is 1. The van der Waals surface area contributed by atoms with Gasteiger partial charge in [-0.05, 0) is 43.8 Å². The van der Waals surface area contributed by atoms with Crippen LogP contribution in [0.25, 0.3) is 0 Å². The normalized spacial score (nSPS) is 47.3. The molecule has 2 unspecified atom stereocenters. The van der Waals surface area contributed by atoms with Gasteiger partial charge in [-0.15, -0.1) is 0 Å². The molecule has 2 N–H and O–H groups in total. The lowest BCUT2D eigenvalue weighted by Gasteiger charge is -2.62. The fraction of sp³-hybridized carbons (Fsp3) is 0.667. The number of aliphatic hydroxyl groups excluding tert-OH is 1. The van der Waals surface area contributed by atoms with Crippen LogP contribution in [0.2, 0.25) is 0 Å². The summed E-state index contributed by atoms with van der Waals surface area (Å²) in [5.74, 6) is -4.26. The van der Waals surface area contributed by atoms with Crippen LogP contribution >= 0.6 is 0 Å². The SMILES string of the molecule is CC(=O)OCC(=O)[C@@]1(O)C(C)C[C@H]2[C@@H]3CC(=O)C4=CC(=O)C=C[C@]4(C)[C@@]3(F)C(O)C[C@@]21C. The third kappa shape index (κ3) is 2.59. The number of carbonyl (C=O) groups is 4. The predicted molar refractivity (Wildman–Crippen MR) is 110 cm³/mol. The van der Waals surface area contributed by atoms with Crippen LogP contribution in [0.5, 0.6) is 0 Å². The molecule has 3 saturated carbocycles. The monoisotopic (exact) mass is 448 g/mol. The van der Waals surface area contributed by atoms with Crippen molar-refractivity contribution in [1.82, 2.24) is 0 Å². The van der Waals surface area contributed by atoms with Crippen LogP contribution in [-0.2, 0) is 23.9 Å². The number of aliphatic hydroxyl groups is 2. The number of Topliss-reactive ketones (excluding diaryl/α,β-unsaturated/α-hetero) is 2. The molecule has 4 aliphatic rings. The van der Waals surface area contributed by atoms with Crippen molar-refractivity contribution in [2.75, 3.05) is 6.61 Å². The van der Waals surface area contributed by atoms with E-state index in [4.69, 9.17) is 4.74 Å². The second kappa shape index (κ2) is 6.90. The summed E-state index contributed by atoms with van der Waals surface area (Å²) in [5.41, 5.74) is -6.87. The Bertz CT molecular complexity index is 985. The Kier molecular flexibility index (Phi) is 4.96. The molecule has 32 heavy (non-hydrogen) atoms. The van der Waals surface area contributed by atoms with Gasteiger partial charge in [0, 0.05) is 30.3 Å². The van der Waals surface area contributed by atoms with Gasteiger partial charge < -0.3 is 14.9 Å². The molecule has 0 aromatic carbocycles. The van der Waals surface area contributed by atoms with E-state index in [9.17, 15) is 29.4 Å². The van der Waals surface area contributed by atoms with Crippen LogP contribution in [0.15, 0.2) is 23.8 Å². The van der Waals surface area contributed by atoms with E-state index in [1.54, 1.807) is 13.8 Å². The number of hydrogen-bond donors (Lipinski definition) is 2. The zero-order valence-electron chi connectivity index (χ0n) is 18.7. The van der Waals surface area contributed by atoms with Gasteiger partial charge in [-0.3, -0.25) is 19.2 Å². The standard InChI is InChI=1S/C24H29FO7/c1-12-7-15-16-9-18(28)17-8-14(27)5-6-21(17,3)23(16,25)19(29)10-22(15,4)24(12,31)20(30)11-32-13(2)26/h5-6,8,12,15-16,19,29,31H,7,9-11H2,1-4H3/t12?,15-,16-,19?,21-,22-,23-,24-/m0/s1. The van der Waals surface area contributed by atoms with E-state index >= 15 is 4.39 Å². The fourth-order valence-electron chi connectivity index (χ4n) is 7.25. The number of esters is 1. The summed E-state index contributed by atoms with van der Waals surface area (Å²) in [6.45, 7) is 5.39. The van der Waals surface area contributed by atoms with E-state index in [0.717, 1.165) is 13.0 Å². The molecule has 3 fully saturated rings. The molecule has 8 atom stereocenters. The first kappa shape index (κ1) is 23.0.